The Morgan fingerprint density at radius 2 is 2.12 bits per heavy atom. The van der Waals surface area contributed by atoms with Gasteiger partial charge in [-0.2, -0.15) is 0 Å². The zero-order valence-electron chi connectivity index (χ0n) is 11.5. The molecule has 2 aliphatic carbocycles. The smallest absolute Gasteiger partial charge is 0.0453 e. The van der Waals surface area contributed by atoms with Crippen LogP contribution >= 0.6 is 0 Å². The molecule has 2 unspecified atom stereocenters. The molecule has 0 aliphatic heterocycles. The lowest BCUT2D eigenvalue weighted by molar-refractivity contribution is 0.212. The summed E-state index contributed by atoms with van der Waals surface area (Å²) in [5.41, 5.74) is 5.17. The normalized spacial score (nSPS) is 30.8. The van der Waals surface area contributed by atoms with E-state index in [9.17, 15) is 0 Å². The lowest BCUT2D eigenvalue weighted by Crippen LogP contribution is -2.45. The molecule has 2 aliphatic rings. The van der Waals surface area contributed by atoms with Crippen molar-refractivity contribution in [3.05, 3.63) is 11.6 Å². The van der Waals surface area contributed by atoms with Crippen LogP contribution in [0.15, 0.2) is 11.6 Å². The Morgan fingerprint density at radius 3 is 2.76 bits per heavy atom. The van der Waals surface area contributed by atoms with Gasteiger partial charge in [0.25, 0.3) is 0 Å². The molecule has 0 radical (unpaired) electrons. The summed E-state index contributed by atoms with van der Waals surface area (Å²) in [6.45, 7) is 4.82. The zero-order valence-corrected chi connectivity index (χ0v) is 11.5. The van der Waals surface area contributed by atoms with Crippen molar-refractivity contribution in [1.82, 2.24) is 5.43 Å². The molecule has 0 bridgehead atoms. The third-order valence-electron chi connectivity index (χ3n) is 4.90. The van der Waals surface area contributed by atoms with Gasteiger partial charge in [-0.15, -0.1) is 0 Å². The van der Waals surface area contributed by atoms with Crippen molar-refractivity contribution in [3.63, 3.8) is 0 Å². The van der Waals surface area contributed by atoms with Crippen LogP contribution in [0.1, 0.15) is 65.2 Å². The molecule has 2 atom stereocenters. The van der Waals surface area contributed by atoms with Crippen molar-refractivity contribution in [2.45, 2.75) is 71.3 Å². The molecule has 0 aromatic carbocycles. The molecule has 0 saturated heterocycles. The first-order valence-corrected chi connectivity index (χ1v) is 7.30. The molecule has 2 nitrogen and oxygen atoms in total. The Morgan fingerprint density at radius 1 is 1.29 bits per heavy atom. The van der Waals surface area contributed by atoms with Crippen LogP contribution in [0.3, 0.4) is 0 Å². The molecule has 0 spiro atoms. The van der Waals surface area contributed by atoms with Crippen LogP contribution in [0.4, 0.5) is 0 Å². The maximum atomic E-state index is 5.86. The summed E-state index contributed by atoms with van der Waals surface area (Å²) in [6.07, 6.45) is 13.1. The molecule has 17 heavy (non-hydrogen) atoms. The summed E-state index contributed by atoms with van der Waals surface area (Å²) >= 11 is 0. The third-order valence-corrected chi connectivity index (χ3v) is 4.90. The first-order valence-electron chi connectivity index (χ1n) is 7.30. The fraction of sp³-hybridized carbons (Fsp3) is 0.867. The van der Waals surface area contributed by atoms with Gasteiger partial charge < -0.3 is 0 Å². The standard InChI is InChI=1S/C15H28N2/c1-15(2)11-7-10-13(15)14(17-16)12-8-5-3-4-6-9-12/h8,13-14,17H,3-7,9-11,16H2,1-2H3. The number of hydrogen-bond donors (Lipinski definition) is 2. The molecule has 3 N–H and O–H groups in total. The summed E-state index contributed by atoms with van der Waals surface area (Å²) in [5.74, 6) is 6.58. The first-order chi connectivity index (χ1) is 8.15. The fourth-order valence-electron chi connectivity index (χ4n) is 3.78. The van der Waals surface area contributed by atoms with Gasteiger partial charge in [-0.3, -0.25) is 11.3 Å². The summed E-state index contributed by atoms with van der Waals surface area (Å²) in [4.78, 5) is 0. The van der Waals surface area contributed by atoms with Crippen molar-refractivity contribution >= 4 is 0 Å². The van der Waals surface area contributed by atoms with Gasteiger partial charge >= 0.3 is 0 Å². The second-order valence-corrected chi connectivity index (χ2v) is 6.51. The molecule has 2 heteroatoms. The predicted molar refractivity (Wildman–Crippen MR) is 73.4 cm³/mol. The summed E-state index contributed by atoms with van der Waals surface area (Å²) in [5, 5.41) is 0. The van der Waals surface area contributed by atoms with Crippen molar-refractivity contribution in [3.8, 4) is 0 Å². The highest BCUT2D eigenvalue weighted by atomic mass is 15.2. The van der Waals surface area contributed by atoms with E-state index in [4.69, 9.17) is 5.84 Å². The minimum Gasteiger partial charge on any atom is -0.271 e. The second-order valence-electron chi connectivity index (χ2n) is 6.51. The lowest BCUT2D eigenvalue weighted by atomic mass is 9.75. The largest absolute Gasteiger partial charge is 0.271 e. The number of allylic oxidation sites excluding steroid dienone is 1. The Bertz CT molecular complexity index is 281. The fourth-order valence-corrected chi connectivity index (χ4v) is 3.78. The van der Waals surface area contributed by atoms with Crippen LogP contribution in [0.5, 0.6) is 0 Å². The van der Waals surface area contributed by atoms with Gasteiger partial charge in [-0.1, -0.05) is 38.3 Å². The minimum absolute atomic E-state index is 0.422. The highest BCUT2D eigenvalue weighted by molar-refractivity contribution is 5.16. The molecule has 1 fully saturated rings. The zero-order chi connectivity index (χ0) is 12.3. The highest BCUT2D eigenvalue weighted by Crippen LogP contribution is 2.46. The average Bonchev–Trinajstić information content (AvgIpc) is 2.55. The van der Waals surface area contributed by atoms with E-state index >= 15 is 0 Å². The van der Waals surface area contributed by atoms with Gasteiger partial charge in [0.1, 0.15) is 0 Å². The van der Waals surface area contributed by atoms with E-state index in [1.165, 1.54) is 51.4 Å². The van der Waals surface area contributed by atoms with Crippen molar-refractivity contribution in [1.29, 1.82) is 0 Å². The van der Waals surface area contributed by atoms with Crippen molar-refractivity contribution in [2.24, 2.45) is 17.2 Å². The Kier molecular flexibility index (Phi) is 4.26. The van der Waals surface area contributed by atoms with E-state index in [-0.39, 0.29) is 0 Å². The summed E-state index contributed by atoms with van der Waals surface area (Å²) in [6, 6.07) is 0.422. The van der Waals surface area contributed by atoms with E-state index in [1.807, 2.05) is 0 Å². The Labute approximate surface area is 106 Å². The van der Waals surface area contributed by atoms with Gasteiger partial charge in [-0.05, 0) is 49.9 Å². The van der Waals surface area contributed by atoms with Gasteiger partial charge in [0.15, 0.2) is 0 Å². The molecule has 0 heterocycles. The van der Waals surface area contributed by atoms with E-state index in [0.29, 0.717) is 11.5 Å². The molecule has 2 rings (SSSR count). The molecular formula is C15H28N2. The molecule has 0 amide bonds. The lowest BCUT2D eigenvalue weighted by Gasteiger charge is -2.35. The monoisotopic (exact) mass is 236 g/mol. The van der Waals surface area contributed by atoms with Gasteiger partial charge in [-0.25, -0.2) is 0 Å². The van der Waals surface area contributed by atoms with Crippen LogP contribution in [0.25, 0.3) is 0 Å². The number of hydrogen-bond acceptors (Lipinski definition) is 2. The van der Waals surface area contributed by atoms with Crippen molar-refractivity contribution in [2.75, 3.05) is 0 Å². The van der Waals surface area contributed by atoms with Gasteiger partial charge in [0.2, 0.25) is 0 Å². The molecule has 0 aromatic rings. The molecular weight excluding hydrogens is 208 g/mol. The van der Waals surface area contributed by atoms with E-state index in [0.717, 1.165) is 5.92 Å². The van der Waals surface area contributed by atoms with Crippen LogP contribution < -0.4 is 11.3 Å². The quantitative estimate of drug-likeness (QED) is 0.447. The maximum Gasteiger partial charge on any atom is 0.0453 e. The number of nitrogens with two attached hydrogens (primary N) is 1. The second kappa shape index (κ2) is 5.53. The topological polar surface area (TPSA) is 38.0 Å². The van der Waals surface area contributed by atoms with E-state index in [2.05, 4.69) is 25.3 Å². The molecule has 98 valence electrons. The SMILES string of the molecule is CC1(C)CCCC1C(NN)C1=CCCCCC1. The Hall–Kier alpha value is -0.340. The Balaban J connectivity index is 2.12. The average molecular weight is 236 g/mol. The van der Waals surface area contributed by atoms with Crippen LogP contribution in [0, 0.1) is 11.3 Å². The number of nitrogens with one attached hydrogen (secondary N) is 1. The first kappa shape index (κ1) is 13.1. The maximum absolute atomic E-state index is 5.86. The van der Waals surface area contributed by atoms with Crippen LogP contribution in [-0.2, 0) is 0 Å². The summed E-state index contributed by atoms with van der Waals surface area (Å²) < 4.78 is 0. The highest BCUT2D eigenvalue weighted by Gasteiger charge is 2.40. The van der Waals surface area contributed by atoms with Gasteiger partial charge in [0, 0.05) is 6.04 Å². The summed E-state index contributed by atoms with van der Waals surface area (Å²) in [7, 11) is 0. The van der Waals surface area contributed by atoms with Crippen LogP contribution in [0.2, 0.25) is 0 Å². The number of rotatable bonds is 3. The third kappa shape index (κ3) is 2.92. The minimum atomic E-state index is 0.422. The van der Waals surface area contributed by atoms with Crippen molar-refractivity contribution < 1.29 is 0 Å². The van der Waals surface area contributed by atoms with E-state index < -0.39 is 0 Å². The van der Waals surface area contributed by atoms with E-state index in [1.54, 1.807) is 5.57 Å². The molecule has 0 aromatic heterocycles. The number of hydrazine groups is 1. The molecule has 1 saturated carbocycles. The predicted octanol–water partition coefficient (Wildman–Crippen LogP) is 3.54. The van der Waals surface area contributed by atoms with Gasteiger partial charge in [0.05, 0.1) is 0 Å². The van der Waals surface area contributed by atoms with Crippen LogP contribution in [-0.4, -0.2) is 6.04 Å².